The number of carbonyl (C=O) groups excluding carboxylic acids is 1. The van der Waals surface area contributed by atoms with Crippen molar-refractivity contribution in [3.05, 3.63) is 30.9 Å². The molecule has 3 rings (SSSR count). The van der Waals surface area contributed by atoms with E-state index in [-0.39, 0.29) is 5.91 Å². The van der Waals surface area contributed by atoms with Crippen molar-refractivity contribution in [1.82, 2.24) is 24.9 Å². The van der Waals surface area contributed by atoms with Gasteiger partial charge < -0.3 is 10.6 Å². The lowest BCUT2D eigenvalue weighted by Gasteiger charge is -2.36. The van der Waals surface area contributed by atoms with Crippen LogP contribution in [0.15, 0.2) is 30.9 Å². The summed E-state index contributed by atoms with van der Waals surface area (Å²) in [5.74, 6) is -0.0318. The fraction of sp³-hybridized carbons (Fsp3) is 0.462. The number of rotatable bonds is 3. The van der Waals surface area contributed by atoms with E-state index in [2.05, 4.69) is 20.8 Å². The van der Waals surface area contributed by atoms with Gasteiger partial charge in [0.15, 0.2) is 0 Å². The molecule has 0 spiro atoms. The molecule has 7 nitrogen and oxygen atoms in total. The number of aryl methyl sites for hydroxylation is 1. The third kappa shape index (κ3) is 2.20. The van der Waals surface area contributed by atoms with Crippen LogP contribution in [-0.2, 0) is 17.4 Å². The molecule has 0 aromatic carbocycles. The molecule has 0 unspecified atom stereocenters. The smallest absolute Gasteiger partial charge is 0.252 e. The SMILES string of the molecule is Cn1cc(NC(=O)C2(n3cccn3)CCNCC2)cn1. The lowest BCUT2D eigenvalue weighted by atomic mass is 9.87. The Morgan fingerprint density at radius 1 is 1.40 bits per heavy atom. The van der Waals surface area contributed by atoms with Crippen LogP contribution >= 0.6 is 0 Å². The van der Waals surface area contributed by atoms with Crippen molar-refractivity contribution in [3.8, 4) is 0 Å². The van der Waals surface area contributed by atoms with E-state index in [9.17, 15) is 4.79 Å². The molecule has 106 valence electrons. The summed E-state index contributed by atoms with van der Waals surface area (Å²) in [4.78, 5) is 12.8. The topological polar surface area (TPSA) is 76.8 Å². The average Bonchev–Trinajstić information content (AvgIpc) is 3.11. The quantitative estimate of drug-likeness (QED) is 0.846. The molecule has 2 N–H and O–H groups in total. The molecule has 1 fully saturated rings. The number of hydrogen-bond acceptors (Lipinski definition) is 4. The molecule has 0 atom stereocenters. The van der Waals surface area contributed by atoms with Crippen LogP contribution in [0.5, 0.6) is 0 Å². The summed E-state index contributed by atoms with van der Waals surface area (Å²) in [6.07, 6.45) is 8.45. The van der Waals surface area contributed by atoms with Gasteiger partial charge in [0.2, 0.25) is 0 Å². The van der Waals surface area contributed by atoms with E-state index in [1.54, 1.807) is 28.0 Å². The van der Waals surface area contributed by atoms with Gasteiger partial charge >= 0.3 is 0 Å². The van der Waals surface area contributed by atoms with Crippen LogP contribution in [0.2, 0.25) is 0 Å². The number of nitrogens with one attached hydrogen (secondary N) is 2. The van der Waals surface area contributed by atoms with Crippen LogP contribution < -0.4 is 10.6 Å². The van der Waals surface area contributed by atoms with Crippen molar-refractivity contribution < 1.29 is 4.79 Å². The minimum atomic E-state index is -0.620. The van der Waals surface area contributed by atoms with Gasteiger partial charge in [-0.15, -0.1) is 0 Å². The van der Waals surface area contributed by atoms with E-state index < -0.39 is 5.54 Å². The second kappa shape index (κ2) is 5.09. The van der Waals surface area contributed by atoms with Crippen LogP contribution in [0.4, 0.5) is 5.69 Å². The molecule has 1 saturated heterocycles. The van der Waals surface area contributed by atoms with E-state index in [0.29, 0.717) is 5.69 Å². The van der Waals surface area contributed by atoms with Crippen molar-refractivity contribution >= 4 is 11.6 Å². The average molecular weight is 274 g/mol. The van der Waals surface area contributed by atoms with Crippen LogP contribution in [-0.4, -0.2) is 38.6 Å². The number of anilines is 1. The predicted octanol–water partition coefficient (Wildman–Crippen LogP) is 0.334. The molecule has 1 aliphatic heterocycles. The van der Waals surface area contributed by atoms with E-state index in [0.717, 1.165) is 25.9 Å². The Kier molecular flexibility index (Phi) is 3.27. The third-order valence-corrected chi connectivity index (χ3v) is 3.76. The van der Waals surface area contributed by atoms with Crippen LogP contribution in [0, 0.1) is 0 Å². The van der Waals surface area contributed by atoms with E-state index in [4.69, 9.17) is 0 Å². The highest BCUT2D eigenvalue weighted by Crippen LogP contribution is 2.28. The Hall–Kier alpha value is -2.15. The molecule has 0 saturated carbocycles. The Morgan fingerprint density at radius 2 is 2.20 bits per heavy atom. The summed E-state index contributed by atoms with van der Waals surface area (Å²) in [5.41, 5.74) is 0.0903. The number of aromatic nitrogens is 4. The molecular formula is C13H18N6O. The van der Waals surface area contributed by atoms with Gasteiger partial charge in [0.05, 0.1) is 11.9 Å². The monoisotopic (exact) mass is 274 g/mol. The Balaban J connectivity index is 1.87. The third-order valence-electron chi connectivity index (χ3n) is 3.76. The molecule has 0 bridgehead atoms. The first-order chi connectivity index (χ1) is 9.71. The summed E-state index contributed by atoms with van der Waals surface area (Å²) in [6.45, 7) is 1.61. The van der Waals surface area contributed by atoms with Crippen molar-refractivity contribution in [2.75, 3.05) is 18.4 Å². The van der Waals surface area contributed by atoms with Crippen LogP contribution in [0.25, 0.3) is 0 Å². The van der Waals surface area contributed by atoms with Gasteiger partial charge in [-0.1, -0.05) is 0 Å². The zero-order chi connectivity index (χ0) is 14.0. The predicted molar refractivity (Wildman–Crippen MR) is 74.1 cm³/mol. The Bertz CT molecular complexity index is 582. The number of hydrogen-bond donors (Lipinski definition) is 2. The molecule has 2 aromatic rings. The van der Waals surface area contributed by atoms with Gasteiger partial charge in [-0.25, -0.2) is 0 Å². The first-order valence-corrected chi connectivity index (χ1v) is 6.72. The first-order valence-electron chi connectivity index (χ1n) is 6.72. The van der Waals surface area contributed by atoms with Gasteiger partial charge in [-0.2, -0.15) is 10.2 Å². The number of piperidine rings is 1. The maximum atomic E-state index is 12.8. The molecule has 1 amide bonds. The minimum Gasteiger partial charge on any atom is -0.321 e. The largest absolute Gasteiger partial charge is 0.321 e. The Morgan fingerprint density at radius 3 is 2.80 bits per heavy atom. The van der Waals surface area contributed by atoms with E-state index in [1.807, 2.05) is 19.3 Å². The maximum Gasteiger partial charge on any atom is 0.252 e. The minimum absolute atomic E-state index is 0.0318. The lowest BCUT2D eigenvalue weighted by Crippen LogP contribution is -2.52. The zero-order valence-corrected chi connectivity index (χ0v) is 11.4. The standard InChI is InChI=1S/C13H18N6O/c1-18-10-11(9-16-18)17-12(20)13(3-6-14-7-4-13)19-8-2-5-15-19/h2,5,8-10,14H,3-4,6-7H2,1H3,(H,17,20). The first kappa shape index (κ1) is 12.9. The Labute approximate surface area is 117 Å². The molecule has 2 aromatic heterocycles. The molecule has 1 aliphatic rings. The van der Waals surface area contributed by atoms with Gasteiger partial charge in [-0.05, 0) is 32.0 Å². The van der Waals surface area contributed by atoms with Crippen LogP contribution in [0.1, 0.15) is 12.8 Å². The summed E-state index contributed by atoms with van der Waals surface area (Å²) in [6, 6.07) is 1.85. The normalized spacial score (nSPS) is 17.9. The van der Waals surface area contributed by atoms with E-state index in [1.165, 1.54) is 0 Å². The second-order valence-electron chi connectivity index (χ2n) is 5.09. The van der Waals surface area contributed by atoms with Crippen molar-refractivity contribution in [2.24, 2.45) is 7.05 Å². The molecule has 3 heterocycles. The van der Waals surface area contributed by atoms with Crippen molar-refractivity contribution in [2.45, 2.75) is 18.4 Å². The molecule has 7 heteroatoms. The fourth-order valence-electron chi connectivity index (χ4n) is 2.66. The highest BCUT2D eigenvalue weighted by molar-refractivity contribution is 5.96. The van der Waals surface area contributed by atoms with Crippen molar-refractivity contribution in [3.63, 3.8) is 0 Å². The fourth-order valence-corrected chi connectivity index (χ4v) is 2.66. The van der Waals surface area contributed by atoms with E-state index >= 15 is 0 Å². The number of amides is 1. The zero-order valence-electron chi connectivity index (χ0n) is 11.4. The highest BCUT2D eigenvalue weighted by Gasteiger charge is 2.42. The number of carbonyl (C=O) groups is 1. The summed E-state index contributed by atoms with van der Waals surface area (Å²) >= 11 is 0. The maximum absolute atomic E-state index is 12.8. The summed E-state index contributed by atoms with van der Waals surface area (Å²) in [5, 5.41) is 14.6. The van der Waals surface area contributed by atoms with Gasteiger partial charge in [0, 0.05) is 25.6 Å². The summed E-state index contributed by atoms with van der Waals surface area (Å²) in [7, 11) is 1.82. The lowest BCUT2D eigenvalue weighted by molar-refractivity contribution is -0.126. The molecular weight excluding hydrogens is 256 g/mol. The van der Waals surface area contributed by atoms with Gasteiger partial charge in [0.1, 0.15) is 5.54 Å². The number of nitrogens with zero attached hydrogens (tertiary/aromatic N) is 4. The highest BCUT2D eigenvalue weighted by atomic mass is 16.2. The molecule has 20 heavy (non-hydrogen) atoms. The van der Waals surface area contributed by atoms with Crippen LogP contribution in [0.3, 0.4) is 0 Å². The molecule has 0 aliphatic carbocycles. The van der Waals surface area contributed by atoms with Gasteiger partial charge in [0.25, 0.3) is 5.91 Å². The van der Waals surface area contributed by atoms with Crippen molar-refractivity contribution in [1.29, 1.82) is 0 Å². The molecule has 0 radical (unpaired) electrons. The summed E-state index contributed by atoms with van der Waals surface area (Å²) < 4.78 is 3.44. The van der Waals surface area contributed by atoms with Gasteiger partial charge in [-0.3, -0.25) is 14.2 Å². The second-order valence-corrected chi connectivity index (χ2v) is 5.09.